The molecule has 0 amide bonds. The van der Waals surface area contributed by atoms with Crippen LogP contribution in [-0.4, -0.2) is 4.55 Å². The second-order valence-corrected chi connectivity index (χ2v) is 8.03. The largest absolute Gasteiger partial charge is 0.606 e. The minimum Gasteiger partial charge on any atom is -0.606 e. The molecule has 4 aromatic carbocycles. The predicted octanol–water partition coefficient (Wildman–Crippen LogP) is 5.60. The van der Waals surface area contributed by atoms with Gasteiger partial charge in [0.15, 0.2) is 9.79 Å². The van der Waals surface area contributed by atoms with Crippen LogP contribution in [0.2, 0.25) is 0 Å². The van der Waals surface area contributed by atoms with Crippen LogP contribution >= 0.6 is 0 Å². The molecule has 6 heteroatoms. The molecule has 0 fully saturated rings. The topological polar surface area (TPSA) is 93.6 Å². The standard InChI is InChI=1S/C24H20N2O3S/c25-17-1-5-19(6-2-17)28-21-9-13-23(14-10-21)30(27)24-15-11-22(12-16-24)29-20-7-3-18(26)4-8-20/h1-16H,25-26H2. The fraction of sp³-hybridized carbons (Fsp3) is 0. The maximum atomic E-state index is 12.9. The molecule has 4 aromatic rings. The van der Waals surface area contributed by atoms with Crippen molar-refractivity contribution in [1.29, 1.82) is 0 Å². The zero-order valence-electron chi connectivity index (χ0n) is 16.0. The predicted molar refractivity (Wildman–Crippen MR) is 119 cm³/mol. The normalized spacial score (nSPS) is 10.7. The summed E-state index contributed by atoms with van der Waals surface area (Å²) in [5.74, 6) is 2.70. The first-order valence-electron chi connectivity index (χ1n) is 9.25. The first-order valence-corrected chi connectivity index (χ1v) is 10.4. The molecule has 0 saturated heterocycles. The zero-order chi connectivity index (χ0) is 20.9. The van der Waals surface area contributed by atoms with Gasteiger partial charge in [0.1, 0.15) is 23.0 Å². The molecule has 0 atom stereocenters. The molecule has 150 valence electrons. The summed E-state index contributed by atoms with van der Waals surface area (Å²) in [6, 6.07) is 28.7. The highest BCUT2D eigenvalue weighted by molar-refractivity contribution is 7.91. The highest BCUT2D eigenvalue weighted by Gasteiger charge is 2.15. The third-order valence-electron chi connectivity index (χ3n) is 4.31. The minimum atomic E-state index is -1.31. The Bertz CT molecular complexity index is 1010. The van der Waals surface area contributed by atoms with Gasteiger partial charge in [0.25, 0.3) is 0 Å². The maximum absolute atomic E-state index is 12.9. The molecule has 5 nitrogen and oxygen atoms in total. The van der Waals surface area contributed by atoms with Gasteiger partial charge in [-0.1, -0.05) is 0 Å². The highest BCUT2D eigenvalue weighted by Crippen LogP contribution is 2.28. The summed E-state index contributed by atoms with van der Waals surface area (Å²) in [6.45, 7) is 0. The Labute approximate surface area is 178 Å². The molecule has 0 heterocycles. The van der Waals surface area contributed by atoms with Crippen LogP contribution in [0, 0.1) is 0 Å². The summed E-state index contributed by atoms with van der Waals surface area (Å²) in [4.78, 5) is 1.37. The van der Waals surface area contributed by atoms with Gasteiger partial charge in [0.2, 0.25) is 0 Å². The summed E-state index contributed by atoms with van der Waals surface area (Å²) in [6.07, 6.45) is 0. The van der Waals surface area contributed by atoms with Crippen LogP contribution in [0.1, 0.15) is 0 Å². The lowest BCUT2D eigenvalue weighted by Crippen LogP contribution is -2.01. The quantitative estimate of drug-likeness (QED) is 0.315. The molecule has 0 aliphatic rings. The van der Waals surface area contributed by atoms with Gasteiger partial charge in [-0.05, 0) is 97.1 Å². The lowest BCUT2D eigenvalue weighted by Gasteiger charge is -2.12. The summed E-state index contributed by atoms with van der Waals surface area (Å²) in [7, 11) is 0. The number of benzene rings is 4. The third-order valence-corrected chi connectivity index (χ3v) is 5.71. The van der Waals surface area contributed by atoms with E-state index >= 15 is 0 Å². The molecule has 4 rings (SSSR count). The fourth-order valence-electron chi connectivity index (χ4n) is 2.74. The van der Waals surface area contributed by atoms with E-state index in [1.807, 2.05) is 0 Å². The van der Waals surface area contributed by atoms with Crippen molar-refractivity contribution in [3.63, 3.8) is 0 Å². The van der Waals surface area contributed by atoms with Gasteiger partial charge in [-0.3, -0.25) is 0 Å². The number of nitrogens with two attached hydrogens (primary N) is 2. The van der Waals surface area contributed by atoms with Gasteiger partial charge in [0.05, 0.1) is 0 Å². The van der Waals surface area contributed by atoms with Crippen molar-refractivity contribution in [2.24, 2.45) is 0 Å². The van der Waals surface area contributed by atoms with Crippen molar-refractivity contribution in [2.75, 3.05) is 11.5 Å². The summed E-state index contributed by atoms with van der Waals surface area (Å²) in [5.41, 5.74) is 12.7. The molecule has 4 N–H and O–H groups in total. The van der Waals surface area contributed by atoms with Crippen LogP contribution in [0.15, 0.2) is 107 Å². The molecule has 0 spiro atoms. The average Bonchev–Trinajstić information content (AvgIpc) is 2.77. The third kappa shape index (κ3) is 4.86. The molecule has 0 bridgehead atoms. The number of rotatable bonds is 6. The lowest BCUT2D eigenvalue weighted by atomic mass is 10.3. The van der Waals surface area contributed by atoms with E-state index in [0.29, 0.717) is 44.2 Å². The Morgan fingerprint density at radius 3 is 1.03 bits per heavy atom. The Hall–Kier alpha value is -3.61. The Morgan fingerprint density at radius 2 is 0.733 bits per heavy atom. The molecular weight excluding hydrogens is 396 g/mol. The summed E-state index contributed by atoms with van der Waals surface area (Å²) < 4.78 is 24.4. The second-order valence-electron chi connectivity index (χ2n) is 6.55. The Kier molecular flexibility index (Phi) is 5.79. The second kappa shape index (κ2) is 8.82. The SMILES string of the molecule is Nc1ccc(Oc2ccc([S+]([O-])c3ccc(Oc4ccc(N)cc4)cc3)cc2)cc1. The molecule has 0 saturated carbocycles. The van der Waals surface area contributed by atoms with E-state index in [0.717, 1.165) is 0 Å². The smallest absolute Gasteiger partial charge is 0.158 e. The fourth-order valence-corrected chi connectivity index (χ4v) is 3.78. The molecule has 0 radical (unpaired) electrons. The highest BCUT2D eigenvalue weighted by atomic mass is 32.2. The van der Waals surface area contributed by atoms with Crippen molar-refractivity contribution in [2.45, 2.75) is 9.79 Å². The van der Waals surface area contributed by atoms with E-state index < -0.39 is 11.2 Å². The Morgan fingerprint density at radius 1 is 0.467 bits per heavy atom. The monoisotopic (exact) mass is 416 g/mol. The van der Waals surface area contributed by atoms with Crippen LogP contribution in [0.3, 0.4) is 0 Å². The number of hydrogen-bond acceptors (Lipinski definition) is 5. The van der Waals surface area contributed by atoms with Crippen LogP contribution < -0.4 is 20.9 Å². The summed E-state index contributed by atoms with van der Waals surface area (Å²) in [5, 5.41) is 0. The van der Waals surface area contributed by atoms with Crippen molar-refractivity contribution in [1.82, 2.24) is 0 Å². The first kappa shape index (κ1) is 19.7. The van der Waals surface area contributed by atoms with E-state index in [4.69, 9.17) is 20.9 Å². The van der Waals surface area contributed by atoms with Gasteiger partial charge >= 0.3 is 0 Å². The van der Waals surface area contributed by atoms with Crippen molar-refractivity contribution < 1.29 is 14.0 Å². The molecule has 30 heavy (non-hydrogen) atoms. The van der Waals surface area contributed by atoms with Crippen LogP contribution in [0.5, 0.6) is 23.0 Å². The number of anilines is 2. The zero-order valence-corrected chi connectivity index (χ0v) is 16.8. The van der Waals surface area contributed by atoms with Crippen LogP contribution in [0.25, 0.3) is 0 Å². The van der Waals surface area contributed by atoms with E-state index in [9.17, 15) is 4.55 Å². The van der Waals surface area contributed by atoms with E-state index in [2.05, 4.69) is 0 Å². The molecule has 0 aliphatic carbocycles. The van der Waals surface area contributed by atoms with Gasteiger partial charge in [-0.2, -0.15) is 0 Å². The molecule has 0 aliphatic heterocycles. The van der Waals surface area contributed by atoms with Gasteiger partial charge in [0, 0.05) is 22.6 Å². The first-order chi connectivity index (χ1) is 14.6. The van der Waals surface area contributed by atoms with Gasteiger partial charge < -0.3 is 25.5 Å². The molecule has 0 aromatic heterocycles. The molecule has 0 unspecified atom stereocenters. The number of hydrogen-bond donors (Lipinski definition) is 2. The van der Waals surface area contributed by atoms with E-state index in [1.165, 1.54) is 0 Å². The van der Waals surface area contributed by atoms with Crippen molar-refractivity contribution in [3.05, 3.63) is 97.1 Å². The maximum Gasteiger partial charge on any atom is 0.158 e. The Balaban J connectivity index is 1.41. The van der Waals surface area contributed by atoms with E-state index in [-0.39, 0.29) is 0 Å². The van der Waals surface area contributed by atoms with Crippen molar-refractivity contribution in [3.8, 4) is 23.0 Å². The van der Waals surface area contributed by atoms with Crippen LogP contribution in [-0.2, 0) is 11.2 Å². The number of nitrogen functional groups attached to an aromatic ring is 2. The average molecular weight is 417 g/mol. The minimum absolute atomic E-state index is 0.660. The van der Waals surface area contributed by atoms with Gasteiger partial charge in [-0.25, -0.2) is 0 Å². The van der Waals surface area contributed by atoms with E-state index in [1.54, 1.807) is 97.1 Å². The van der Waals surface area contributed by atoms with Crippen molar-refractivity contribution >= 4 is 22.6 Å². The van der Waals surface area contributed by atoms with Gasteiger partial charge in [-0.15, -0.1) is 0 Å². The molecular formula is C24H20N2O3S. The van der Waals surface area contributed by atoms with Crippen LogP contribution in [0.4, 0.5) is 11.4 Å². The summed E-state index contributed by atoms with van der Waals surface area (Å²) >= 11 is -1.31. The number of ether oxygens (including phenoxy) is 2. The lowest BCUT2D eigenvalue weighted by molar-refractivity contribution is 0.482.